The van der Waals surface area contributed by atoms with Crippen molar-refractivity contribution in [2.24, 2.45) is 0 Å². The maximum atomic E-state index is 12.1. The Morgan fingerprint density at radius 3 is 2.17 bits per heavy atom. The number of nitrogens with zero attached hydrogens (tertiary/aromatic N) is 1. The number of rotatable bonds is 8. The molecule has 0 saturated carbocycles. The summed E-state index contributed by atoms with van der Waals surface area (Å²) in [7, 11) is 0. The zero-order chi connectivity index (χ0) is 29.4. The van der Waals surface area contributed by atoms with E-state index in [1.54, 1.807) is 26.0 Å². The highest BCUT2D eigenvalue weighted by atomic mass is 16.5. The standard InChI is InChI=1S/C37H31NO4/c1-23(2)36(39)41-22-25-8-14-29(15-9-25)38(30-16-18-31(19-17-30)42-37(40)24(3)4)33-21-13-28-11-10-26-6-5-7-27-12-20-32(33)35(28)34(26)27/h5-6,8-19,21H,1,3,7,20,22H2,2,4H3. The van der Waals surface area contributed by atoms with Gasteiger partial charge in [0.1, 0.15) is 12.4 Å². The Kier molecular flexibility index (Phi) is 7.09. The molecule has 0 unspecified atom stereocenters. The minimum Gasteiger partial charge on any atom is -0.457 e. The molecule has 0 aromatic heterocycles. The third-order valence-corrected chi connectivity index (χ3v) is 7.62. The molecule has 208 valence electrons. The molecule has 4 aromatic carbocycles. The molecule has 0 amide bonds. The van der Waals surface area contributed by atoms with Crippen LogP contribution in [0.2, 0.25) is 0 Å². The highest BCUT2D eigenvalue weighted by molar-refractivity contribution is 6.05. The van der Waals surface area contributed by atoms with E-state index in [9.17, 15) is 9.59 Å². The van der Waals surface area contributed by atoms with Gasteiger partial charge in [-0.1, -0.05) is 61.7 Å². The van der Waals surface area contributed by atoms with Crippen LogP contribution in [0.15, 0.2) is 109 Å². The van der Waals surface area contributed by atoms with E-state index in [0.717, 1.165) is 35.5 Å². The molecule has 42 heavy (non-hydrogen) atoms. The molecule has 0 aliphatic heterocycles. The number of carbonyl (C=O) groups excluding carboxylic acids is 2. The second-order valence-corrected chi connectivity index (χ2v) is 10.8. The number of benzene rings is 4. The Labute approximate surface area is 245 Å². The van der Waals surface area contributed by atoms with Crippen LogP contribution < -0.4 is 9.64 Å². The van der Waals surface area contributed by atoms with Gasteiger partial charge in [-0.25, -0.2) is 9.59 Å². The largest absolute Gasteiger partial charge is 0.457 e. The lowest BCUT2D eigenvalue weighted by atomic mass is 9.81. The van der Waals surface area contributed by atoms with Crippen LogP contribution in [-0.2, 0) is 27.4 Å². The van der Waals surface area contributed by atoms with Crippen LogP contribution in [-0.4, -0.2) is 11.9 Å². The van der Waals surface area contributed by atoms with Crippen molar-refractivity contribution >= 4 is 51.4 Å². The van der Waals surface area contributed by atoms with Gasteiger partial charge in [-0.2, -0.15) is 0 Å². The Bertz CT molecular complexity index is 1820. The monoisotopic (exact) mass is 553 g/mol. The summed E-state index contributed by atoms with van der Waals surface area (Å²) in [5.41, 5.74) is 9.76. The predicted molar refractivity (Wildman–Crippen MR) is 169 cm³/mol. The van der Waals surface area contributed by atoms with E-state index in [-0.39, 0.29) is 6.61 Å². The van der Waals surface area contributed by atoms with Crippen molar-refractivity contribution in [3.05, 3.63) is 132 Å². The first-order valence-corrected chi connectivity index (χ1v) is 13.9. The van der Waals surface area contributed by atoms with Crippen LogP contribution >= 0.6 is 0 Å². The molecule has 0 heterocycles. The highest BCUT2D eigenvalue weighted by Crippen LogP contribution is 2.46. The number of ether oxygens (including phenoxy) is 2. The van der Waals surface area contributed by atoms with Crippen LogP contribution in [0.1, 0.15) is 42.5 Å². The fourth-order valence-electron chi connectivity index (χ4n) is 5.52. The van der Waals surface area contributed by atoms with E-state index in [1.807, 2.05) is 36.4 Å². The summed E-state index contributed by atoms with van der Waals surface area (Å²) in [5.74, 6) is -0.411. The Morgan fingerprint density at radius 1 is 0.810 bits per heavy atom. The van der Waals surface area contributed by atoms with Crippen molar-refractivity contribution in [2.75, 3.05) is 4.90 Å². The first-order chi connectivity index (χ1) is 20.3. The Morgan fingerprint density at radius 2 is 1.48 bits per heavy atom. The number of allylic oxidation sites excluding steroid dienone is 3. The van der Waals surface area contributed by atoms with E-state index < -0.39 is 11.9 Å². The van der Waals surface area contributed by atoms with Gasteiger partial charge in [-0.15, -0.1) is 0 Å². The van der Waals surface area contributed by atoms with E-state index in [1.165, 1.54) is 33.0 Å². The highest BCUT2D eigenvalue weighted by Gasteiger charge is 2.25. The molecule has 2 aliphatic rings. The molecule has 0 atom stereocenters. The number of hydrogen-bond donors (Lipinski definition) is 0. The molecule has 6 rings (SSSR count). The maximum Gasteiger partial charge on any atom is 0.338 e. The zero-order valence-electron chi connectivity index (χ0n) is 23.8. The SMILES string of the molecule is C=C(C)C(=O)OCc1ccc(N(c2ccc(OC(=O)C(=C)C)cc2)c2ccc3ccc4c5c3c2CC=C5CC=C4)cc1. The lowest BCUT2D eigenvalue weighted by Gasteiger charge is -2.31. The minimum atomic E-state index is -0.456. The third kappa shape index (κ3) is 5.06. The van der Waals surface area contributed by atoms with Crippen LogP contribution in [0.4, 0.5) is 17.1 Å². The molecule has 0 radical (unpaired) electrons. The first-order valence-electron chi connectivity index (χ1n) is 13.9. The third-order valence-electron chi connectivity index (χ3n) is 7.62. The second-order valence-electron chi connectivity index (χ2n) is 10.8. The number of anilines is 3. The molecular weight excluding hydrogens is 522 g/mol. The van der Waals surface area contributed by atoms with Gasteiger partial charge in [0.15, 0.2) is 0 Å². The topological polar surface area (TPSA) is 55.8 Å². The molecule has 2 aliphatic carbocycles. The number of hydrogen-bond acceptors (Lipinski definition) is 5. The second kappa shape index (κ2) is 11.0. The number of carbonyl (C=O) groups is 2. The van der Waals surface area contributed by atoms with Crippen molar-refractivity contribution in [3.8, 4) is 5.75 Å². The lowest BCUT2D eigenvalue weighted by Crippen LogP contribution is -2.14. The van der Waals surface area contributed by atoms with Gasteiger partial charge in [0.05, 0.1) is 5.69 Å². The quantitative estimate of drug-likeness (QED) is 0.124. The average Bonchev–Trinajstić information content (AvgIpc) is 3.00. The zero-order valence-corrected chi connectivity index (χ0v) is 23.8. The summed E-state index contributed by atoms with van der Waals surface area (Å²) in [6.07, 6.45) is 8.58. The fourth-order valence-corrected chi connectivity index (χ4v) is 5.52. The summed E-state index contributed by atoms with van der Waals surface area (Å²) in [4.78, 5) is 26.2. The fraction of sp³-hybridized carbons (Fsp3) is 0.135. The molecule has 0 bridgehead atoms. The van der Waals surface area contributed by atoms with Gasteiger partial charge in [0, 0.05) is 22.5 Å². The van der Waals surface area contributed by atoms with Crippen LogP contribution in [0.25, 0.3) is 22.4 Å². The van der Waals surface area contributed by atoms with Gasteiger partial charge < -0.3 is 14.4 Å². The molecule has 4 aromatic rings. The van der Waals surface area contributed by atoms with Crippen LogP contribution in [0.3, 0.4) is 0 Å². The summed E-state index contributed by atoms with van der Waals surface area (Å²) < 4.78 is 10.8. The summed E-state index contributed by atoms with van der Waals surface area (Å²) >= 11 is 0. The van der Waals surface area contributed by atoms with E-state index in [0.29, 0.717) is 16.9 Å². The van der Waals surface area contributed by atoms with Gasteiger partial charge in [-0.3, -0.25) is 0 Å². The predicted octanol–water partition coefficient (Wildman–Crippen LogP) is 8.77. The van der Waals surface area contributed by atoms with E-state index in [2.05, 4.69) is 60.6 Å². The van der Waals surface area contributed by atoms with Crippen molar-refractivity contribution in [1.82, 2.24) is 0 Å². The van der Waals surface area contributed by atoms with Crippen molar-refractivity contribution < 1.29 is 19.1 Å². The first kappa shape index (κ1) is 27.0. The smallest absolute Gasteiger partial charge is 0.338 e. The summed E-state index contributed by atoms with van der Waals surface area (Å²) in [6, 6.07) is 24.3. The van der Waals surface area contributed by atoms with E-state index >= 15 is 0 Å². The van der Waals surface area contributed by atoms with Crippen LogP contribution in [0.5, 0.6) is 5.75 Å². The average molecular weight is 554 g/mol. The molecule has 0 fully saturated rings. The maximum absolute atomic E-state index is 12.1. The van der Waals surface area contributed by atoms with Gasteiger partial charge in [-0.05, 0) is 108 Å². The van der Waals surface area contributed by atoms with Crippen molar-refractivity contribution in [1.29, 1.82) is 0 Å². The number of esters is 2. The molecule has 5 nitrogen and oxygen atoms in total. The molecular formula is C37H31NO4. The Balaban J connectivity index is 1.44. The normalized spacial score (nSPS) is 12.9. The van der Waals surface area contributed by atoms with Crippen molar-refractivity contribution in [3.63, 3.8) is 0 Å². The van der Waals surface area contributed by atoms with Gasteiger partial charge in [0.2, 0.25) is 0 Å². The minimum absolute atomic E-state index is 0.170. The molecule has 0 spiro atoms. The lowest BCUT2D eigenvalue weighted by molar-refractivity contribution is -0.140. The summed E-state index contributed by atoms with van der Waals surface area (Å²) in [5, 5.41) is 2.53. The summed E-state index contributed by atoms with van der Waals surface area (Å²) in [6.45, 7) is 10.7. The van der Waals surface area contributed by atoms with Crippen LogP contribution in [0, 0.1) is 0 Å². The molecule has 0 N–H and O–H groups in total. The van der Waals surface area contributed by atoms with Gasteiger partial charge in [0.25, 0.3) is 0 Å². The van der Waals surface area contributed by atoms with E-state index in [4.69, 9.17) is 9.47 Å². The molecule has 0 saturated heterocycles. The molecule has 5 heteroatoms. The van der Waals surface area contributed by atoms with Gasteiger partial charge >= 0.3 is 11.9 Å². The van der Waals surface area contributed by atoms with Crippen molar-refractivity contribution in [2.45, 2.75) is 33.3 Å². The Hall–Kier alpha value is -5.16.